The van der Waals surface area contributed by atoms with Gasteiger partial charge in [-0.2, -0.15) is 0 Å². The SMILES string of the molecule is Cc1ccc(N(CCCc2ccccc2)S(=O)(=O)c2ccc(NC(=O)CC(=O)C(C)(C)C)cc2)cc1. The number of Topliss-reactive ketones (excluding diaryl/α,β-unsaturated/α-hetero) is 1. The lowest BCUT2D eigenvalue weighted by molar-refractivity contribution is -0.130. The van der Waals surface area contributed by atoms with Crippen LogP contribution in [0.3, 0.4) is 0 Å². The Kier molecular flexibility index (Phi) is 8.69. The van der Waals surface area contributed by atoms with E-state index in [1.807, 2.05) is 61.5 Å². The minimum absolute atomic E-state index is 0.131. The fourth-order valence-corrected chi connectivity index (χ4v) is 5.13. The highest BCUT2D eigenvalue weighted by atomic mass is 32.2. The summed E-state index contributed by atoms with van der Waals surface area (Å²) in [4.78, 5) is 24.5. The van der Waals surface area contributed by atoms with Crippen LogP contribution >= 0.6 is 0 Å². The molecule has 7 heteroatoms. The van der Waals surface area contributed by atoms with Gasteiger partial charge >= 0.3 is 0 Å². The Morgan fingerprint density at radius 3 is 2.06 bits per heavy atom. The number of anilines is 2. The van der Waals surface area contributed by atoms with Gasteiger partial charge in [0.1, 0.15) is 5.78 Å². The first-order valence-electron chi connectivity index (χ1n) is 12.0. The predicted molar refractivity (Wildman–Crippen MR) is 145 cm³/mol. The van der Waals surface area contributed by atoms with Crippen molar-refractivity contribution in [1.29, 1.82) is 0 Å². The predicted octanol–water partition coefficient (Wildman–Crippen LogP) is 5.77. The van der Waals surface area contributed by atoms with Crippen LogP contribution in [0.25, 0.3) is 0 Å². The fraction of sp³-hybridized carbons (Fsp3) is 0.310. The highest BCUT2D eigenvalue weighted by Gasteiger charge is 2.26. The summed E-state index contributed by atoms with van der Waals surface area (Å²) >= 11 is 0. The summed E-state index contributed by atoms with van der Waals surface area (Å²) in [7, 11) is -3.84. The van der Waals surface area contributed by atoms with Crippen LogP contribution in [-0.2, 0) is 26.0 Å². The van der Waals surface area contributed by atoms with Gasteiger partial charge in [-0.15, -0.1) is 0 Å². The van der Waals surface area contributed by atoms with E-state index in [0.717, 1.165) is 17.5 Å². The Bertz CT molecular complexity index is 1280. The van der Waals surface area contributed by atoms with Crippen molar-refractivity contribution in [2.45, 2.75) is 51.9 Å². The number of carbonyl (C=O) groups is 2. The van der Waals surface area contributed by atoms with Crippen LogP contribution in [0.2, 0.25) is 0 Å². The van der Waals surface area contributed by atoms with E-state index in [9.17, 15) is 18.0 Å². The highest BCUT2D eigenvalue weighted by molar-refractivity contribution is 7.92. The number of benzene rings is 3. The van der Waals surface area contributed by atoms with Crippen LogP contribution in [0, 0.1) is 12.3 Å². The van der Waals surface area contributed by atoms with E-state index in [1.54, 1.807) is 32.9 Å². The van der Waals surface area contributed by atoms with Crippen LogP contribution < -0.4 is 9.62 Å². The van der Waals surface area contributed by atoms with Gasteiger partial charge in [-0.1, -0.05) is 68.8 Å². The molecule has 0 atom stereocenters. The molecule has 0 aliphatic carbocycles. The summed E-state index contributed by atoms with van der Waals surface area (Å²) in [5.41, 5.74) is 2.64. The Hall–Kier alpha value is -3.45. The van der Waals surface area contributed by atoms with Crippen molar-refractivity contribution in [3.8, 4) is 0 Å². The average Bonchev–Trinajstić information content (AvgIpc) is 2.83. The van der Waals surface area contributed by atoms with E-state index >= 15 is 0 Å². The van der Waals surface area contributed by atoms with Gasteiger partial charge in [0, 0.05) is 17.6 Å². The third-order valence-corrected chi connectivity index (χ3v) is 7.72. The molecule has 0 aliphatic heterocycles. The molecule has 0 bridgehead atoms. The first-order chi connectivity index (χ1) is 17.0. The number of amides is 1. The van der Waals surface area contributed by atoms with E-state index in [0.29, 0.717) is 24.3 Å². The van der Waals surface area contributed by atoms with Gasteiger partial charge in [0.15, 0.2) is 0 Å². The second kappa shape index (κ2) is 11.5. The van der Waals surface area contributed by atoms with Gasteiger partial charge in [0.25, 0.3) is 10.0 Å². The third-order valence-electron chi connectivity index (χ3n) is 5.88. The second-order valence-electron chi connectivity index (χ2n) is 9.92. The van der Waals surface area contributed by atoms with E-state index in [-0.39, 0.29) is 17.1 Å². The van der Waals surface area contributed by atoms with Gasteiger partial charge in [-0.3, -0.25) is 13.9 Å². The molecule has 0 aliphatic rings. The lowest BCUT2D eigenvalue weighted by Crippen LogP contribution is -2.32. The summed E-state index contributed by atoms with van der Waals surface area (Å²) in [5, 5.41) is 2.67. The van der Waals surface area contributed by atoms with Gasteiger partial charge in [0.2, 0.25) is 5.91 Å². The molecule has 3 rings (SSSR count). The van der Waals surface area contributed by atoms with Crippen LogP contribution in [0.5, 0.6) is 0 Å². The molecule has 1 N–H and O–H groups in total. The number of carbonyl (C=O) groups excluding carboxylic acids is 2. The molecule has 0 saturated heterocycles. The molecule has 0 saturated carbocycles. The van der Waals surface area contributed by atoms with Gasteiger partial charge in [-0.25, -0.2) is 8.42 Å². The molecule has 190 valence electrons. The summed E-state index contributed by atoms with van der Waals surface area (Å²) in [6, 6.07) is 23.5. The summed E-state index contributed by atoms with van der Waals surface area (Å²) < 4.78 is 28.7. The molecule has 0 radical (unpaired) electrons. The molecule has 3 aromatic rings. The number of hydrogen-bond donors (Lipinski definition) is 1. The van der Waals surface area contributed by atoms with Crippen molar-refractivity contribution < 1.29 is 18.0 Å². The van der Waals surface area contributed by atoms with E-state index in [4.69, 9.17) is 0 Å². The van der Waals surface area contributed by atoms with Crippen LogP contribution in [-0.4, -0.2) is 26.7 Å². The number of nitrogens with zero attached hydrogens (tertiary/aromatic N) is 1. The average molecular weight is 507 g/mol. The van der Waals surface area contributed by atoms with Crippen LogP contribution in [0.4, 0.5) is 11.4 Å². The number of rotatable bonds is 10. The summed E-state index contributed by atoms with van der Waals surface area (Å²) in [5.74, 6) is -0.587. The smallest absolute Gasteiger partial charge is 0.264 e. The molecule has 0 unspecified atom stereocenters. The van der Waals surface area contributed by atoms with Gasteiger partial charge < -0.3 is 5.32 Å². The van der Waals surface area contributed by atoms with Gasteiger partial charge in [-0.05, 0) is 61.7 Å². The second-order valence-corrected chi connectivity index (χ2v) is 11.8. The normalized spacial score (nSPS) is 11.7. The van der Waals surface area contributed by atoms with Crippen molar-refractivity contribution in [2.75, 3.05) is 16.2 Å². The topological polar surface area (TPSA) is 83.6 Å². The number of sulfonamides is 1. The molecular formula is C29H34N2O4S. The Balaban J connectivity index is 1.77. The zero-order valence-corrected chi connectivity index (χ0v) is 22.1. The maximum absolute atomic E-state index is 13.6. The third kappa shape index (κ3) is 7.28. The first kappa shape index (κ1) is 27.1. The summed E-state index contributed by atoms with van der Waals surface area (Å²) in [6.07, 6.45) is 1.19. The largest absolute Gasteiger partial charge is 0.326 e. The van der Waals surface area contributed by atoms with E-state index < -0.39 is 21.3 Å². The molecule has 0 heterocycles. The first-order valence-corrected chi connectivity index (χ1v) is 13.5. The number of nitrogens with one attached hydrogen (secondary N) is 1. The molecule has 0 spiro atoms. The summed E-state index contributed by atoms with van der Waals surface area (Å²) in [6.45, 7) is 7.58. The van der Waals surface area contributed by atoms with Gasteiger partial charge in [0.05, 0.1) is 17.0 Å². The van der Waals surface area contributed by atoms with E-state index in [2.05, 4.69) is 5.32 Å². The molecule has 0 aromatic heterocycles. The zero-order chi connectivity index (χ0) is 26.3. The lowest BCUT2D eigenvalue weighted by Gasteiger charge is -2.25. The molecule has 36 heavy (non-hydrogen) atoms. The lowest BCUT2D eigenvalue weighted by atomic mass is 9.89. The number of hydrogen-bond acceptors (Lipinski definition) is 4. The fourth-order valence-electron chi connectivity index (χ4n) is 3.62. The quantitative estimate of drug-likeness (QED) is 0.354. The Labute approximate surface area is 214 Å². The molecular weight excluding hydrogens is 472 g/mol. The standard InChI is InChI=1S/C29H34N2O4S/c1-22-12-16-25(17-13-22)31(20-8-11-23-9-6-5-7-10-23)36(34,35)26-18-14-24(15-19-26)30-28(33)21-27(32)29(2,3)4/h5-7,9-10,12-19H,8,11,20-21H2,1-4H3,(H,30,33). The minimum Gasteiger partial charge on any atom is -0.326 e. The monoisotopic (exact) mass is 506 g/mol. The number of ketones is 1. The maximum atomic E-state index is 13.6. The molecule has 3 aromatic carbocycles. The molecule has 1 amide bonds. The number of aryl methyl sites for hydroxylation is 2. The molecule has 0 fully saturated rings. The van der Waals surface area contributed by atoms with Crippen molar-refractivity contribution in [2.24, 2.45) is 5.41 Å². The van der Waals surface area contributed by atoms with Crippen LogP contribution in [0.1, 0.15) is 44.7 Å². The van der Waals surface area contributed by atoms with E-state index in [1.165, 1.54) is 16.4 Å². The van der Waals surface area contributed by atoms with Crippen LogP contribution in [0.15, 0.2) is 83.8 Å². The Morgan fingerprint density at radius 1 is 0.861 bits per heavy atom. The zero-order valence-electron chi connectivity index (χ0n) is 21.3. The Morgan fingerprint density at radius 2 is 1.47 bits per heavy atom. The maximum Gasteiger partial charge on any atom is 0.264 e. The van der Waals surface area contributed by atoms with Crippen molar-refractivity contribution in [3.05, 3.63) is 90.0 Å². The van der Waals surface area contributed by atoms with Crippen molar-refractivity contribution in [3.63, 3.8) is 0 Å². The minimum atomic E-state index is -3.84. The van der Waals surface area contributed by atoms with Crippen molar-refractivity contribution >= 4 is 33.1 Å². The highest BCUT2D eigenvalue weighted by Crippen LogP contribution is 2.26. The van der Waals surface area contributed by atoms with Crippen molar-refractivity contribution in [1.82, 2.24) is 0 Å². The molecule has 6 nitrogen and oxygen atoms in total.